The van der Waals surface area contributed by atoms with E-state index >= 15 is 0 Å². The number of sulfone groups is 1. The molecule has 1 heterocycles. The van der Waals surface area contributed by atoms with Crippen LogP contribution in [0.4, 0.5) is 0 Å². The molecule has 18 heavy (non-hydrogen) atoms. The third kappa shape index (κ3) is 7.30. The molecule has 0 amide bonds. The van der Waals surface area contributed by atoms with Crippen molar-refractivity contribution in [3.05, 3.63) is 0 Å². The Labute approximate surface area is 110 Å². The summed E-state index contributed by atoms with van der Waals surface area (Å²) in [6.07, 6.45) is 5.22. The standard InChI is InChI=1S/C10H22N2O4S2/c1-17(13,14)8-9-18(15,16)12-7-5-10-4-2-3-6-11-10/h10-12H,2-9H2,1H3. The predicted molar refractivity (Wildman–Crippen MR) is 71.8 cm³/mol. The third-order valence-electron chi connectivity index (χ3n) is 2.95. The van der Waals surface area contributed by atoms with Crippen LogP contribution in [-0.4, -0.2) is 53.7 Å². The molecule has 8 heteroatoms. The Hall–Kier alpha value is -0.180. The van der Waals surface area contributed by atoms with E-state index in [1.807, 2.05) is 0 Å². The smallest absolute Gasteiger partial charge is 0.212 e. The van der Waals surface area contributed by atoms with Gasteiger partial charge < -0.3 is 5.32 Å². The summed E-state index contributed by atoms with van der Waals surface area (Å²) >= 11 is 0. The van der Waals surface area contributed by atoms with E-state index in [0.717, 1.165) is 25.6 Å². The zero-order chi connectivity index (χ0) is 13.6. The Morgan fingerprint density at radius 1 is 1.17 bits per heavy atom. The number of sulfonamides is 1. The molecule has 1 atom stereocenters. The molecule has 1 unspecified atom stereocenters. The fraction of sp³-hybridized carbons (Fsp3) is 1.00. The van der Waals surface area contributed by atoms with Crippen LogP contribution in [0.15, 0.2) is 0 Å². The molecule has 6 nitrogen and oxygen atoms in total. The molecule has 108 valence electrons. The van der Waals surface area contributed by atoms with Crippen LogP contribution in [0, 0.1) is 0 Å². The van der Waals surface area contributed by atoms with Crippen LogP contribution in [0.2, 0.25) is 0 Å². The zero-order valence-corrected chi connectivity index (χ0v) is 12.3. The monoisotopic (exact) mass is 298 g/mol. The molecule has 0 aromatic rings. The van der Waals surface area contributed by atoms with E-state index in [1.165, 1.54) is 12.8 Å². The molecule has 1 saturated heterocycles. The van der Waals surface area contributed by atoms with Gasteiger partial charge in [-0.2, -0.15) is 0 Å². The van der Waals surface area contributed by atoms with Crippen molar-refractivity contribution in [3.8, 4) is 0 Å². The second-order valence-electron chi connectivity index (χ2n) is 4.78. The molecule has 0 radical (unpaired) electrons. The lowest BCUT2D eigenvalue weighted by atomic mass is 10.0. The highest BCUT2D eigenvalue weighted by atomic mass is 32.2. The molecule has 1 aliphatic heterocycles. The molecule has 0 aromatic heterocycles. The summed E-state index contributed by atoms with van der Waals surface area (Å²) < 4.78 is 47.3. The largest absolute Gasteiger partial charge is 0.314 e. The first kappa shape index (κ1) is 15.9. The van der Waals surface area contributed by atoms with Gasteiger partial charge in [-0.05, 0) is 25.8 Å². The lowest BCUT2D eigenvalue weighted by Crippen LogP contribution is -2.38. The average molecular weight is 298 g/mol. The normalized spacial score (nSPS) is 21.9. The molecule has 2 N–H and O–H groups in total. The average Bonchev–Trinajstić information content (AvgIpc) is 2.27. The predicted octanol–water partition coefficient (Wildman–Crippen LogP) is -0.517. The summed E-state index contributed by atoms with van der Waals surface area (Å²) in [6, 6.07) is 0.372. The second kappa shape index (κ2) is 6.83. The van der Waals surface area contributed by atoms with E-state index in [4.69, 9.17) is 0 Å². The highest BCUT2D eigenvalue weighted by Crippen LogP contribution is 2.09. The minimum absolute atomic E-state index is 0.329. The van der Waals surface area contributed by atoms with Gasteiger partial charge >= 0.3 is 0 Å². The van der Waals surface area contributed by atoms with Gasteiger partial charge in [0.1, 0.15) is 9.84 Å². The maximum absolute atomic E-state index is 11.5. The topological polar surface area (TPSA) is 92.3 Å². The maximum Gasteiger partial charge on any atom is 0.212 e. The van der Waals surface area contributed by atoms with Gasteiger partial charge in [0.25, 0.3) is 0 Å². The number of piperidine rings is 1. The molecule has 0 aliphatic carbocycles. The Morgan fingerprint density at radius 3 is 2.44 bits per heavy atom. The van der Waals surface area contributed by atoms with Crippen LogP contribution in [0.3, 0.4) is 0 Å². The van der Waals surface area contributed by atoms with Crippen molar-refractivity contribution >= 4 is 19.9 Å². The molecule has 0 aromatic carbocycles. The van der Waals surface area contributed by atoms with E-state index < -0.39 is 19.9 Å². The van der Waals surface area contributed by atoms with Gasteiger partial charge in [0, 0.05) is 18.8 Å². The Kier molecular flexibility index (Phi) is 6.03. The lowest BCUT2D eigenvalue weighted by Gasteiger charge is -2.23. The van der Waals surface area contributed by atoms with E-state index in [0.29, 0.717) is 12.6 Å². The van der Waals surface area contributed by atoms with Crippen molar-refractivity contribution in [1.82, 2.24) is 10.0 Å². The van der Waals surface area contributed by atoms with Crippen molar-refractivity contribution in [3.63, 3.8) is 0 Å². The summed E-state index contributed by atoms with van der Waals surface area (Å²) in [5.74, 6) is -0.687. The van der Waals surface area contributed by atoms with E-state index in [1.54, 1.807) is 0 Å². The molecule has 1 fully saturated rings. The van der Waals surface area contributed by atoms with Crippen LogP contribution in [0.25, 0.3) is 0 Å². The molecule has 1 aliphatic rings. The highest BCUT2D eigenvalue weighted by molar-refractivity contribution is 7.93. The van der Waals surface area contributed by atoms with Crippen molar-refractivity contribution in [2.24, 2.45) is 0 Å². The second-order valence-corrected chi connectivity index (χ2v) is 8.96. The molecular weight excluding hydrogens is 276 g/mol. The number of hydrogen-bond acceptors (Lipinski definition) is 5. The van der Waals surface area contributed by atoms with Crippen molar-refractivity contribution in [1.29, 1.82) is 0 Å². The fourth-order valence-electron chi connectivity index (χ4n) is 1.89. The molecule has 0 saturated carbocycles. The van der Waals surface area contributed by atoms with E-state index in [2.05, 4.69) is 10.0 Å². The summed E-state index contributed by atoms with van der Waals surface area (Å²) in [7, 11) is -6.71. The van der Waals surface area contributed by atoms with Gasteiger partial charge in [0.05, 0.1) is 11.5 Å². The van der Waals surface area contributed by atoms with Crippen LogP contribution in [-0.2, 0) is 19.9 Å². The number of hydrogen-bond donors (Lipinski definition) is 2. The quantitative estimate of drug-likeness (QED) is 0.660. The van der Waals surface area contributed by atoms with Crippen molar-refractivity contribution in [2.45, 2.75) is 31.7 Å². The molecular formula is C10H22N2O4S2. The summed E-state index contributed by atoms with van der Waals surface area (Å²) in [6.45, 7) is 1.36. The summed E-state index contributed by atoms with van der Waals surface area (Å²) in [4.78, 5) is 0. The Bertz CT molecular complexity index is 438. The number of rotatable bonds is 7. The zero-order valence-electron chi connectivity index (χ0n) is 10.7. The van der Waals surface area contributed by atoms with E-state index in [-0.39, 0.29) is 11.5 Å². The first-order valence-corrected chi connectivity index (χ1v) is 9.88. The van der Waals surface area contributed by atoms with Gasteiger partial charge in [0.15, 0.2) is 0 Å². The molecule has 0 spiro atoms. The van der Waals surface area contributed by atoms with Gasteiger partial charge in [-0.25, -0.2) is 21.6 Å². The van der Waals surface area contributed by atoms with Gasteiger partial charge in [0.2, 0.25) is 10.0 Å². The van der Waals surface area contributed by atoms with Gasteiger partial charge in [-0.3, -0.25) is 0 Å². The van der Waals surface area contributed by atoms with E-state index in [9.17, 15) is 16.8 Å². The molecule has 1 rings (SSSR count). The molecule has 0 bridgehead atoms. The number of nitrogens with one attached hydrogen (secondary N) is 2. The van der Waals surface area contributed by atoms with Crippen molar-refractivity contribution < 1.29 is 16.8 Å². The highest BCUT2D eigenvalue weighted by Gasteiger charge is 2.16. The van der Waals surface area contributed by atoms with Crippen LogP contribution < -0.4 is 10.0 Å². The maximum atomic E-state index is 11.5. The SMILES string of the molecule is CS(=O)(=O)CCS(=O)(=O)NCCC1CCCCN1. The first-order chi connectivity index (χ1) is 8.29. The van der Waals surface area contributed by atoms with Crippen LogP contribution >= 0.6 is 0 Å². The Balaban J connectivity index is 2.24. The third-order valence-corrected chi connectivity index (χ3v) is 5.54. The summed E-state index contributed by atoms with van der Waals surface area (Å²) in [5.41, 5.74) is 0. The first-order valence-electron chi connectivity index (χ1n) is 6.17. The van der Waals surface area contributed by atoms with Crippen molar-refractivity contribution in [2.75, 3.05) is 30.9 Å². The lowest BCUT2D eigenvalue weighted by molar-refractivity contribution is 0.382. The minimum Gasteiger partial charge on any atom is -0.314 e. The van der Waals surface area contributed by atoms with Crippen LogP contribution in [0.5, 0.6) is 0 Å². The Morgan fingerprint density at radius 2 is 1.89 bits per heavy atom. The minimum atomic E-state index is -3.47. The fourth-order valence-corrected chi connectivity index (χ4v) is 4.55. The van der Waals surface area contributed by atoms with Gasteiger partial charge in [-0.1, -0.05) is 6.42 Å². The van der Waals surface area contributed by atoms with Crippen LogP contribution in [0.1, 0.15) is 25.7 Å². The summed E-state index contributed by atoms with van der Waals surface area (Å²) in [5, 5.41) is 3.33. The van der Waals surface area contributed by atoms with Gasteiger partial charge in [-0.15, -0.1) is 0 Å².